The third kappa shape index (κ3) is 4.56. The van der Waals surface area contributed by atoms with Gasteiger partial charge in [-0.05, 0) is 36.4 Å². The number of anilines is 1. The van der Waals surface area contributed by atoms with Gasteiger partial charge in [0.2, 0.25) is 0 Å². The van der Waals surface area contributed by atoms with Gasteiger partial charge < -0.3 is 10.1 Å². The van der Waals surface area contributed by atoms with Gasteiger partial charge in [0.25, 0.3) is 5.91 Å². The van der Waals surface area contributed by atoms with Gasteiger partial charge in [-0.1, -0.05) is 41.9 Å². The van der Waals surface area contributed by atoms with E-state index in [1.807, 2.05) is 18.2 Å². The molecule has 0 spiro atoms. The van der Waals surface area contributed by atoms with E-state index in [-0.39, 0.29) is 0 Å². The minimum atomic E-state index is -0.647. The van der Waals surface area contributed by atoms with E-state index in [1.165, 1.54) is 11.3 Å². The third-order valence-corrected chi connectivity index (χ3v) is 5.67. The molecule has 2 aromatic carbocycles. The van der Waals surface area contributed by atoms with Gasteiger partial charge in [-0.25, -0.2) is 9.78 Å². The van der Waals surface area contributed by atoms with Crippen molar-refractivity contribution in [2.75, 3.05) is 11.9 Å². The van der Waals surface area contributed by atoms with Gasteiger partial charge >= 0.3 is 5.97 Å². The Morgan fingerprint density at radius 1 is 1.10 bits per heavy atom. The number of hydrogen-bond acceptors (Lipinski definition) is 6. The fraction of sp³-hybridized carbons (Fsp3) is 0.0435. The van der Waals surface area contributed by atoms with E-state index >= 15 is 0 Å². The number of rotatable bonds is 5. The number of amides is 1. The van der Waals surface area contributed by atoms with Crippen LogP contribution in [-0.4, -0.2) is 23.5 Å². The Balaban J connectivity index is 1.56. The van der Waals surface area contributed by atoms with Crippen molar-refractivity contribution in [2.24, 2.45) is 0 Å². The van der Waals surface area contributed by atoms with E-state index in [1.54, 1.807) is 54.6 Å². The number of nitrogens with zero attached hydrogens (tertiary/aromatic N) is 2. The lowest BCUT2D eigenvalue weighted by Crippen LogP contribution is -2.21. The van der Waals surface area contributed by atoms with Crippen LogP contribution < -0.4 is 5.32 Å². The average Bonchev–Trinajstić information content (AvgIpc) is 3.23. The maximum absolute atomic E-state index is 12.8. The van der Waals surface area contributed by atoms with E-state index in [0.29, 0.717) is 37.7 Å². The maximum atomic E-state index is 12.8. The topological polar surface area (TPSA) is 92.1 Å². The lowest BCUT2D eigenvalue weighted by atomic mass is 10.1. The quantitative estimate of drug-likeness (QED) is 0.420. The van der Waals surface area contributed by atoms with Gasteiger partial charge in [-0.2, -0.15) is 5.26 Å². The van der Waals surface area contributed by atoms with Gasteiger partial charge in [0.15, 0.2) is 6.61 Å². The average molecular weight is 448 g/mol. The fourth-order valence-corrected chi connectivity index (χ4v) is 4.01. The largest absolute Gasteiger partial charge is 0.452 e. The van der Waals surface area contributed by atoms with Crippen molar-refractivity contribution in [3.63, 3.8) is 0 Å². The molecule has 2 heterocycles. The summed E-state index contributed by atoms with van der Waals surface area (Å²) in [6, 6.07) is 21.0. The van der Waals surface area contributed by atoms with Crippen molar-refractivity contribution in [3.05, 3.63) is 82.2 Å². The molecule has 0 radical (unpaired) electrons. The van der Waals surface area contributed by atoms with Crippen LogP contribution in [-0.2, 0) is 9.53 Å². The van der Waals surface area contributed by atoms with Crippen LogP contribution in [0.15, 0.2) is 66.7 Å². The SMILES string of the molecule is N#Cc1ccccc1NC(=O)COC(=O)c1cc(-c2ccc(Cl)s2)nc2ccccc12. The minimum Gasteiger partial charge on any atom is -0.452 e. The highest BCUT2D eigenvalue weighted by atomic mass is 35.5. The fourth-order valence-electron chi connectivity index (χ4n) is 3.01. The van der Waals surface area contributed by atoms with Crippen LogP contribution >= 0.6 is 22.9 Å². The molecule has 8 heteroatoms. The molecule has 0 aliphatic heterocycles. The first kappa shape index (κ1) is 20.5. The van der Waals surface area contributed by atoms with Crippen LogP contribution in [0.3, 0.4) is 0 Å². The molecule has 1 amide bonds. The Labute approximate surface area is 186 Å². The van der Waals surface area contributed by atoms with Crippen LogP contribution in [0.1, 0.15) is 15.9 Å². The molecule has 6 nitrogen and oxygen atoms in total. The first-order valence-corrected chi connectivity index (χ1v) is 10.4. The summed E-state index contributed by atoms with van der Waals surface area (Å²) in [5.74, 6) is -1.19. The molecular formula is C23H14ClN3O3S. The molecule has 0 aliphatic rings. The van der Waals surface area contributed by atoms with Gasteiger partial charge in [-0.15, -0.1) is 11.3 Å². The smallest absolute Gasteiger partial charge is 0.339 e. The molecule has 0 aliphatic carbocycles. The van der Waals surface area contributed by atoms with Crippen molar-refractivity contribution in [1.82, 2.24) is 4.98 Å². The Bertz CT molecular complexity index is 1340. The number of hydrogen-bond donors (Lipinski definition) is 1. The number of thiophene rings is 1. The second-order valence-electron chi connectivity index (χ2n) is 6.46. The number of para-hydroxylation sites is 2. The standard InChI is InChI=1S/C23H14ClN3O3S/c24-21-10-9-20(31-21)19-11-16(15-6-2-4-8-18(15)26-19)23(29)30-13-22(28)27-17-7-3-1-5-14(17)12-25/h1-11H,13H2,(H,27,28). The summed E-state index contributed by atoms with van der Waals surface area (Å²) < 4.78 is 5.87. The van der Waals surface area contributed by atoms with Crippen LogP contribution in [0.2, 0.25) is 4.34 Å². The monoisotopic (exact) mass is 447 g/mol. The Kier molecular flexibility index (Phi) is 5.94. The number of fused-ring (bicyclic) bond motifs is 1. The number of nitrogens with one attached hydrogen (secondary N) is 1. The summed E-state index contributed by atoms with van der Waals surface area (Å²) in [5, 5.41) is 12.3. The molecule has 31 heavy (non-hydrogen) atoms. The molecule has 0 saturated carbocycles. The zero-order valence-corrected chi connectivity index (χ0v) is 17.5. The molecule has 2 aromatic heterocycles. The van der Waals surface area contributed by atoms with Crippen LogP contribution in [0.25, 0.3) is 21.5 Å². The molecule has 0 bridgehead atoms. The number of carbonyl (C=O) groups excluding carboxylic acids is 2. The summed E-state index contributed by atoms with van der Waals surface area (Å²) in [6.45, 7) is -0.491. The normalized spacial score (nSPS) is 10.5. The summed E-state index contributed by atoms with van der Waals surface area (Å²) >= 11 is 7.39. The third-order valence-electron chi connectivity index (χ3n) is 4.42. The van der Waals surface area contributed by atoms with Crippen molar-refractivity contribution in [1.29, 1.82) is 5.26 Å². The summed E-state index contributed by atoms with van der Waals surface area (Å²) in [4.78, 5) is 30.5. The summed E-state index contributed by atoms with van der Waals surface area (Å²) in [7, 11) is 0. The number of halogens is 1. The van der Waals surface area contributed by atoms with Crippen molar-refractivity contribution in [3.8, 4) is 16.6 Å². The van der Waals surface area contributed by atoms with Crippen LogP contribution in [0.4, 0.5) is 5.69 Å². The van der Waals surface area contributed by atoms with Gasteiger partial charge in [0, 0.05) is 5.39 Å². The molecular weight excluding hydrogens is 434 g/mol. The minimum absolute atomic E-state index is 0.301. The highest BCUT2D eigenvalue weighted by molar-refractivity contribution is 7.19. The zero-order chi connectivity index (χ0) is 21.8. The Hall–Kier alpha value is -3.73. The molecule has 4 aromatic rings. The first-order chi connectivity index (χ1) is 15.0. The second-order valence-corrected chi connectivity index (χ2v) is 8.17. The van der Waals surface area contributed by atoms with E-state index in [2.05, 4.69) is 10.3 Å². The van der Waals surface area contributed by atoms with Gasteiger partial charge in [0.1, 0.15) is 6.07 Å². The van der Waals surface area contributed by atoms with E-state index < -0.39 is 18.5 Å². The van der Waals surface area contributed by atoms with E-state index in [4.69, 9.17) is 21.6 Å². The number of carbonyl (C=O) groups is 2. The maximum Gasteiger partial charge on any atom is 0.339 e. The Morgan fingerprint density at radius 2 is 1.87 bits per heavy atom. The van der Waals surface area contributed by atoms with E-state index in [9.17, 15) is 9.59 Å². The Morgan fingerprint density at radius 3 is 2.65 bits per heavy atom. The molecule has 0 saturated heterocycles. The number of nitriles is 1. The summed E-state index contributed by atoms with van der Waals surface area (Å²) in [5.41, 5.74) is 2.20. The zero-order valence-electron chi connectivity index (χ0n) is 16.0. The van der Waals surface area contributed by atoms with Gasteiger partial charge in [0.05, 0.1) is 37.2 Å². The number of esters is 1. The number of aromatic nitrogens is 1. The predicted octanol–water partition coefficient (Wildman–Crippen LogP) is 5.28. The van der Waals surface area contributed by atoms with Crippen molar-refractivity contribution < 1.29 is 14.3 Å². The van der Waals surface area contributed by atoms with Gasteiger partial charge in [-0.3, -0.25) is 4.79 Å². The molecule has 1 N–H and O–H groups in total. The number of ether oxygens (including phenoxy) is 1. The second kappa shape index (κ2) is 8.96. The van der Waals surface area contributed by atoms with E-state index in [0.717, 1.165) is 4.88 Å². The lowest BCUT2D eigenvalue weighted by Gasteiger charge is -2.10. The molecule has 0 fully saturated rings. The highest BCUT2D eigenvalue weighted by Gasteiger charge is 2.17. The van der Waals surface area contributed by atoms with Crippen LogP contribution in [0.5, 0.6) is 0 Å². The molecule has 0 unspecified atom stereocenters. The molecule has 4 rings (SSSR count). The lowest BCUT2D eigenvalue weighted by molar-refractivity contribution is -0.119. The van der Waals surface area contributed by atoms with Crippen LogP contribution in [0, 0.1) is 11.3 Å². The summed E-state index contributed by atoms with van der Waals surface area (Å²) in [6.07, 6.45) is 0. The molecule has 152 valence electrons. The number of pyridine rings is 1. The van der Waals surface area contributed by atoms with Crippen molar-refractivity contribution >= 4 is 51.4 Å². The molecule has 0 atom stereocenters. The van der Waals surface area contributed by atoms with Crippen molar-refractivity contribution in [2.45, 2.75) is 0 Å². The number of benzene rings is 2. The highest BCUT2D eigenvalue weighted by Crippen LogP contribution is 2.32. The predicted molar refractivity (Wildman–Crippen MR) is 120 cm³/mol. The first-order valence-electron chi connectivity index (χ1n) is 9.17.